The molecule has 0 aromatic heterocycles. The van der Waals surface area contributed by atoms with Gasteiger partial charge in [0, 0.05) is 18.3 Å². The average molecular weight is 365 g/mol. The first-order valence-corrected chi connectivity index (χ1v) is 8.13. The van der Waals surface area contributed by atoms with Crippen molar-refractivity contribution in [3.8, 4) is 0 Å². The molecule has 0 saturated carbocycles. The molecule has 1 aromatic carbocycles. The number of nitrogens with zero attached hydrogens (tertiary/aromatic N) is 3. The molecule has 0 saturated heterocycles. The molecule has 0 atom stereocenters. The number of benzene rings is 1. The van der Waals surface area contributed by atoms with Crippen LogP contribution in [-0.2, 0) is 0 Å². The number of aryl methyl sites for hydroxylation is 1. The maximum Gasteiger partial charge on any atom is 0.293 e. The number of halogens is 2. The van der Waals surface area contributed by atoms with E-state index in [1.807, 2.05) is 0 Å². The van der Waals surface area contributed by atoms with Crippen molar-refractivity contribution in [2.75, 3.05) is 7.05 Å². The number of likely N-dealkylation sites (N-methyl/N-ethyl adjacent to an activating group) is 1. The molecule has 0 unspecified atom stereocenters. The largest absolute Gasteiger partial charge is 0.293 e. The molecule has 25 heavy (non-hydrogen) atoms. The second-order valence-electron chi connectivity index (χ2n) is 5.42. The smallest absolute Gasteiger partial charge is 0.290 e. The first-order valence-electron chi connectivity index (χ1n) is 7.45. The molecule has 0 spiro atoms. The van der Waals surface area contributed by atoms with E-state index in [4.69, 9.17) is 0 Å². The second-order valence-corrected chi connectivity index (χ2v) is 6.10. The summed E-state index contributed by atoms with van der Waals surface area (Å²) in [5.41, 5.74) is 0.953. The summed E-state index contributed by atoms with van der Waals surface area (Å²) in [6.07, 6.45) is 4.97. The monoisotopic (exact) mass is 365 g/mol. The zero-order valence-corrected chi connectivity index (χ0v) is 14.8. The van der Waals surface area contributed by atoms with E-state index >= 15 is 0 Å². The standard InChI is InChI=1S/C17H17F2N3O2S/c1-11-7-6-8-13(16(11)18)12(2)20-17-14(21(3)25-19)9-4-5-10-15(17)22(23)24/h4,6-10H,5H2,1-3H3. The quantitative estimate of drug-likeness (QED) is 0.327. The molecule has 0 amide bonds. The van der Waals surface area contributed by atoms with E-state index in [9.17, 15) is 18.4 Å². The molecule has 0 heterocycles. The van der Waals surface area contributed by atoms with Crippen LogP contribution in [0.25, 0.3) is 0 Å². The Morgan fingerprint density at radius 3 is 2.80 bits per heavy atom. The fourth-order valence-corrected chi connectivity index (χ4v) is 2.61. The fraction of sp³-hybridized carbons (Fsp3) is 0.235. The van der Waals surface area contributed by atoms with Gasteiger partial charge in [-0.2, -0.15) is 0 Å². The van der Waals surface area contributed by atoms with Gasteiger partial charge >= 0.3 is 0 Å². The van der Waals surface area contributed by atoms with Gasteiger partial charge in [0.1, 0.15) is 5.82 Å². The lowest BCUT2D eigenvalue weighted by Crippen LogP contribution is -2.13. The number of rotatable bonds is 5. The summed E-state index contributed by atoms with van der Waals surface area (Å²) in [4.78, 5) is 15.2. The van der Waals surface area contributed by atoms with E-state index in [0.29, 0.717) is 12.0 Å². The summed E-state index contributed by atoms with van der Waals surface area (Å²) in [5.74, 6) is -0.435. The highest BCUT2D eigenvalue weighted by Crippen LogP contribution is 2.29. The van der Waals surface area contributed by atoms with Gasteiger partial charge in [0.05, 0.1) is 10.6 Å². The Hall–Kier alpha value is -2.48. The van der Waals surface area contributed by atoms with Crippen LogP contribution in [0.3, 0.4) is 0 Å². The van der Waals surface area contributed by atoms with Gasteiger partial charge < -0.3 is 0 Å². The van der Waals surface area contributed by atoms with E-state index in [2.05, 4.69) is 4.99 Å². The molecule has 2 rings (SSSR count). The number of hydrogen-bond donors (Lipinski definition) is 0. The first kappa shape index (κ1) is 18.9. The van der Waals surface area contributed by atoms with Crippen LogP contribution in [0.2, 0.25) is 0 Å². The molecule has 1 aliphatic rings. The number of allylic oxidation sites excluding steroid dienone is 3. The summed E-state index contributed by atoms with van der Waals surface area (Å²) in [6, 6.07) is 4.86. The highest BCUT2D eigenvalue weighted by molar-refractivity contribution is 7.92. The van der Waals surface area contributed by atoms with Crippen molar-refractivity contribution in [1.82, 2.24) is 4.31 Å². The predicted octanol–water partition coefficient (Wildman–Crippen LogP) is 4.74. The minimum Gasteiger partial charge on any atom is -0.290 e. The zero-order chi connectivity index (χ0) is 18.6. The number of aliphatic imine (C=N–C) groups is 1. The van der Waals surface area contributed by atoms with Crippen LogP contribution in [-0.4, -0.2) is 22.0 Å². The molecule has 5 nitrogen and oxygen atoms in total. The lowest BCUT2D eigenvalue weighted by atomic mass is 10.1. The van der Waals surface area contributed by atoms with Gasteiger partial charge in [-0.25, -0.2) is 9.38 Å². The van der Waals surface area contributed by atoms with Crippen LogP contribution in [0, 0.1) is 22.9 Å². The molecule has 0 radical (unpaired) electrons. The van der Waals surface area contributed by atoms with Crippen molar-refractivity contribution in [3.05, 3.63) is 80.6 Å². The van der Waals surface area contributed by atoms with Crippen molar-refractivity contribution in [2.24, 2.45) is 4.99 Å². The Labute approximate surface area is 149 Å². The van der Waals surface area contributed by atoms with Crippen LogP contribution >= 0.6 is 12.3 Å². The third-order valence-electron chi connectivity index (χ3n) is 3.71. The number of nitro groups is 1. The highest BCUT2D eigenvalue weighted by atomic mass is 32.2. The van der Waals surface area contributed by atoms with Crippen LogP contribution in [0.5, 0.6) is 0 Å². The lowest BCUT2D eigenvalue weighted by Gasteiger charge is -2.15. The van der Waals surface area contributed by atoms with E-state index in [1.165, 1.54) is 13.1 Å². The summed E-state index contributed by atoms with van der Waals surface area (Å²) in [5, 5.41) is 11.4. The summed E-state index contributed by atoms with van der Waals surface area (Å²) >= 11 is -0.0824. The molecule has 1 aliphatic carbocycles. The van der Waals surface area contributed by atoms with Crippen LogP contribution in [0.4, 0.5) is 8.28 Å². The Morgan fingerprint density at radius 1 is 1.44 bits per heavy atom. The molecular weight excluding hydrogens is 348 g/mol. The van der Waals surface area contributed by atoms with Crippen molar-refractivity contribution < 1.29 is 13.2 Å². The molecule has 0 aliphatic heterocycles. The Morgan fingerprint density at radius 2 is 2.16 bits per heavy atom. The van der Waals surface area contributed by atoms with Gasteiger partial charge in [-0.3, -0.25) is 14.4 Å². The Balaban J connectivity index is 2.66. The van der Waals surface area contributed by atoms with Crippen LogP contribution < -0.4 is 0 Å². The molecule has 0 fully saturated rings. The van der Waals surface area contributed by atoms with E-state index < -0.39 is 10.7 Å². The van der Waals surface area contributed by atoms with E-state index in [1.54, 1.807) is 44.2 Å². The van der Waals surface area contributed by atoms with Crippen molar-refractivity contribution in [2.45, 2.75) is 20.3 Å². The fourth-order valence-electron chi connectivity index (χ4n) is 2.39. The molecule has 132 valence electrons. The van der Waals surface area contributed by atoms with Crippen molar-refractivity contribution in [1.29, 1.82) is 0 Å². The maximum atomic E-state index is 14.3. The van der Waals surface area contributed by atoms with Gasteiger partial charge in [-0.1, -0.05) is 24.3 Å². The maximum absolute atomic E-state index is 14.3. The highest BCUT2D eigenvalue weighted by Gasteiger charge is 2.25. The van der Waals surface area contributed by atoms with Crippen molar-refractivity contribution in [3.63, 3.8) is 0 Å². The van der Waals surface area contributed by atoms with E-state index in [-0.39, 0.29) is 40.7 Å². The minimum absolute atomic E-state index is 0.00944. The Kier molecular flexibility index (Phi) is 6.08. The normalized spacial score (nSPS) is 15.1. The Bertz CT molecular complexity index is 816. The first-order chi connectivity index (χ1) is 11.9. The average Bonchev–Trinajstić information content (AvgIpc) is 2.79. The predicted molar refractivity (Wildman–Crippen MR) is 95.7 cm³/mol. The molecule has 1 aromatic rings. The third kappa shape index (κ3) is 4.14. The number of hydrogen-bond acceptors (Lipinski definition) is 5. The molecule has 0 bridgehead atoms. The van der Waals surface area contributed by atoms with Crippen LogP contribution in [0.1, 0.15) is 24.5 Å². The molecule has 0 N–H and O–H groups in total. The van der Waals surface area contributed by atoms with Crippen LogP contribution in [0.15, 0.2) is 58.5 Å². The second kappa shape index (κ2) is 8.06. The van der Waals surface area contributed by atoms with Crippen molar-refractivity contribution >= 4 is 18.0 Å². The zero-order valence-electron chi connectivity index (χ0n) is 14.0. The third-order valence-corrected chi connectivity index (χ3v) is 4.11. The van der Waals surface area contributed by atoms with Gasteiger partial charge in [0.2, 0.25) is 0 Å². The SMILES string of the molecule is CC(=NC1=C(N(C)SF)C=CCC=C1[N+](=O)[O-])c1cccc(C)c1F. The van der Waals surface area contributed by atoms with Gasteiger partial charge in [0.25, 0.3) is 5.70 Å². The van der Waals surface area contributed by atoms with Gasteiger partial charge in [-0.15, -0.1) is 3.89 Å². The van der Waals surface area contributed by atoms with E-state index in [0.717, 1.165) is 4.31 Å². The summed E-state index contributed by atoms with van der Waals surface area (Å²) < 4.78 is 28.5. The minimum atomic E-state index is -0.567. The van der Waals surface area contributed by atoms with Gasteiger partial charge in [-0.05, 0) is 38.0 Å². The lowest BCUT2D eigenvalue weighted by molar-refractivity contribution is -0.421. The van der Waals surface area contributed by atoms with Gasteiger partial charge in [0.15, 0.2) is 18.0 Å². The summed E-state index contributed by atoms with van der Waals surface area (Å²) in [7, 11) is 1.44. The summed E-state index contributed by atoms with van der Waals surface area (Å²) in [6.45, 7) is 3.19. The molecule has 8 heteroatoms. The topological polar surface area (TPSA) is 58.7 Å². The molecular formula is C17H17F2N3O2S.